The van der Waals surface area contributed by atoms with Crippen molar-refractivity contribution >= 4 is 17.4 Å². The van der Waals surface area contributed by atoms with E-state index in [1.807, 2.05) is 25.1 Å². The summed E-state index contributed by atoms with van der Waals surface area (Å²) in [6.07, 6.45) is -4.95. The van der Waals surface area contributed by atoms with Gasteiger partial charge >= 0.3 is 6.18 Å². The fraction of sp³-hybridized carbons (Fsp3) is 0.538. The molecular weight excluding hydrogens is 273 g/mol. The van der Waals surface area contributed by atoms with Crippen LogP contribution >= 0.6 is 11.8 Å². The number of nitrogens with zero attached hydrogens (tertiary/aromatic N) is 1. The number of alkyl halides is 3. The van der Waals surface area contributed by atoms with Gasteiger partial charge in [0.25, 0.3) is 0 Å². The molecule has 0 amide bonds. The third-order valence-corrected chi connectivity index (χ3v) is 3.74. The Morgan fingerprint density at radius 3 is 2.53 bits per heavy atom. The molecule has 0 atom stereocenters. The van der Waals surface area contributed by atoms with Gasteiger partial charge < -0.3 is 10.6 Å². The summed E-state index contributed by atoms with van der Waals surface area (Å²) in [6.45, 7) is 2.30. The Labute approximate surface area is 116 Å². The van der Waals surface area contributed by atoms with Crippen LogP contribution in [-0.4, -0.2) is 25.5 Å². The molecule has 2 N–H and O–H groups in total. The lowest BCUT2D eigenvalue weighted by atomic mass is 10.1. The van der Waals surface area contributed by atoms with Gasteiger partial charge in [-0.15, -0.1) is 11.8 Å². The minimum Gasteiger partial charge on any atom is -0.374 e. The first-order valence-corrected chi connectivity index (χ1v) is 7.10. The smallest absolute Gasteiger partial charge is 0.374 e. The molecule has 2 nitrogen and oxygen atoms in total. The van der Waals surface area contributed by atoms with E-state index in [1.54, 1.807) is 23.7 Å². The van der Waals surface area contributed by atoms with E-state index in [0.717, 1.165) is 21.9 Å². The summed E-state index contributed by atoms with van der Waals surface area (Å²) in [7, 11) is 1.67. The van der Waals surface area contributed by atoms with Crippen molar-refractivity contribution in [1.82, 2.24) is 0 Å². The Balaban J connectivity index is 2.89. The molecule has 0 spiro atoms. The van der Waals surface area contributed by atoms with E-state index < -0.39 is 12.6 Å². The van der Waals surface area contributed by atoms with Crippen molar-refractivity contribution in [3.05, 3.63) is 23.8 Å². The molecule has 0 radical (unpaired) electrons. The third-order valence-electron chi connectivity index (χ3n) is 2.75. The van der Waals surface area contributed by atoms with Gasteiger partial charge in [-0.2, -0.15) is 13.2 Å². The second-order valence-corrected chi connectivity index (χ2v) is 5.48. The Morgan fingerprint density at radius 2 is 2.00 bits per heavy atom. The molecule has 6 heteroatoms. The highest BCUT2D eigenvalue weighted by Crippen LogP contribution is 2.31. The molecule has 1 aromatic carbocycles. The number of rotatable bonds is 6. The molecule has 0 bridgehead atoms. The average molecular weight is 292 g/mol. The number of hydrogen-bond donors (Lipinski definition) is 1. The van der Waals surface area contributed by atoms with E-state index in [4.69, 9.17) is 5.73 Å². The van der Waals surface area contributed by atoms with Gasteiger partial charge in [0.15, 0.2) is 0 Å². The third kappa shape index (κ3) is 4.95. The number of benzene rings is 1. The molecule has 0 aliphatic rings. The molecule has 108 valence electrons. The van der Waals surface area contributed by atoms with Crippen molar-refractivity contribution in [2.45, 2.75) is 31.0 Å². The van der Waals surface area contributed by atoms with Crippen LogP contribution in [0.15, 0.2) is 23.1 Å². The van der Waals surface area contributed by atoms with E-state index in [-0.39, 0.29) is 6.54 Å². The molecule has 0 aromatic heterocycles. The molecule has 0 saturated heterocycles. The second kappa shape index (κ2) is 7.05. The van der Waals surface area contributed by atoms with E-state index in [9.17, 15) is 13.2 Å². The number of nitrogens with two attached hydrogens (primary N) is 1. The van der Waals surface area contributed by atoms with Crippen molar-refractivity contribution < 1.29 is 13.2 Å². The molecule has 0 heterocycles. The van der Waals surface area contributed by atoms with Crippen molar-refractivity contribution in [2.24, 2.45) is 5.73 Å². The zero-order valence-corrected chi connectivity index (χ0v) is 11.9. The molecule has 0 aliphatic heterocycles. The van der Waals surface area contributed by atoms with Crippen molar-refractivity contribution in [3.8, 4) is 0 Å². The van der Waals surface area contributed by atoms with Gasteiger partial charge in [-0.3, -0.25) is 0 Å². The van der Waals surface area contributed by atoms with E-state index in [0.29, 0.717) is 6.54 Å². The summed E-state index contributed by atoms with van der Waals surface area (Å²) in [6, 6.07) is 5.63. The van der Waals surface area contributed by atoms with E-state index in [2.05, 4.69) is 0 Å². The van der Waals surface area contributed by atoms with Gasteiger partial charge in [0.1, 0.15) is 0 Å². The summed E-state index contributed by atoms with van der Waals surface area (Å²) in [4.78, 5) is 2.66. The maximum Gasteiger partial charge on any atom is 0.390 e. The zero-order valence-electron chi connectivity index (χ0n) is 11.1. The highest BCUT2D eigenvalue weighted by molar-refractivity contribution is 7.99. The second-order valence-electron chi connectivity index (χ2n) is 4.18. The monoisotopic (exact) mass is 292 g/mol. The fourth-order valence-electron chi connectivity index (χ4n) is 1.82. The summed E-state index contributed by atoms with van der Waals surface area (Å²) in [5, 5.41) is 0. The average Bonchev–Trinajstić information content (AvgIpc) is 2.35. The van der Waals surface area contributed by atoms with Gasteiger partial charge in [-0.1, -0.05) is 13.0 Å². The van der Waals surface area contributed by atoms with Crippen LogP contribution in [-0.2, 0) is 6.54 Å². The van der Waals surface area contributed by atoms with Gasteiger partial charge in [0, 0.05) is 36.3 Å². The van der Waals surface area contributed by atoms with Gasteiger partial charge in [-0.05, 0) is 17.9 Å². The van der Waals surface area contributed by atoms with Crippen LogP contribution in [0.5, 0.6) is 0 Å². The van der Waals surface area contributed by atoms with Crippen LogP contribution in [0, 0.1) is 0 Å². The normalized spacial score (nSPS) is 11.7. The SMILES string of the molecule is CCSc1cccc(N(C)CCC(F)(F)F)c1CN. The molecule has 0 aliphatic carbocycles. The molecule has 1 rings (SSSR count). The van der Waals surface area contributed by atoms with Crippen molar-refractivity contribution in [1.29, 1.82) is 0 Å². The van der Waals surface area contributed by atoms with Crippen LogP contribution in [0.2, 0.25) is 0 Å². The molecule has 0 unspecified atom stereocenters. The first-order chi connectivity index (χ1) is 8.89. The van der Waals surface area contributed by atoms with Crippen molar-refractivity contribution in [2.75, 3.05) is 24.2 Å². The lowest BCUT2D eigenvalue weighted by Crippen LogP contribution is -2.25. The Bertz CT molecular complexity index is 407. The highest BCUT2D eigenvalue weighted by Gasteiger charge is 2.27. The summed E-state index contributed by atoms with van der Waals surface area (Å²) in [5.74, 6) is 0.905. The van der Waals surface area contributed by atoms with E-state index >= 15 is 0 Å². The summed E-state index contributed by atoms with van der Waals surface area (Å²) >= 11 is 1.65. The van der Waals surface area contributed by atoms with Gasteiger partial charge in [0.05, 0.1) is 6.42 Å². The summed E-state index contributed by atoms with van der Waals surface area (Å²) in [5.41, 5.74) is 7.44. The quantitative estimate of drug-likeness (QED) is 0.812. The number of hydrogen-bond acceptors (Lipinski definition) is 3. The Morgan fingerprint density at radius 1 is 1.32 bits per heavy atom. The van der Waals surface area contributed by atoms with Gasteiger partial charge in [-0.25, -0.2) is 0 Å². The largest absolute Gasteiger partial charge is 0.390 e. The number of anilines is 1. The van der Waals surface area contributed by atoms with Crippen LogP contribution in [0.4, 0.5) is 18.9 Å². The van der Waals surface area contributed by atoms with Gasteiger partial charge in [0.2, 0.25) is 0 Å². The number of thioether (sulfide) groups is 1. The Kier molecular flexibility index (Phi) is 6.00. The van der Waals surface area contributed by atoms with Crippen LogP contribution in [0.3, 0.4) is 0 Å². The molecule has 19 heavy (non-hydrogen) atoms. The molecule has 0 fully saturated rings. The van der Waals surface area contributed by atoms with Crippen molar-refractivity contribution in [3.63, 3.8) is 0 Å². The van der Waals surface area contributed by atoms with Crippen LogP contribution in [0.25, 0.3) is 0 Å². The predicted octanol–water partition coefficient (Wildman–Crippen LogP) is 3.65. The minimum atomic E-state index is -4.13. The Hall–Kier alpha value is -0.880. The predicted molar refractivity (Wildman–Crippen MR) is 74.7 cm³/mol. The number of halogens is 3. The molecular formula is C13H19F3N2S. The lowest BCUT2D eigenvalue weighted by Gasteiger charge is -2.24. The molecule has 0 saturated carbocycles. The first kappa shape index (κ1) is 16.2. The standard InChI is InChI=1S/C13H19F3N2S/c1-3-19-12-6-4-5-11(10(12)9-17)18(2)8-7-13(14,15)16/h4-6H,3,7-9,17H2,1-2H3. The maximum atomic E-state index is 12.3. The highest BCUT2D eigenvalue weighted by atomic mass is 32.2. The maximum absolute atomic E-state index is 12.3. The fourth-order valence-corrected chi connectivity index (χ4v) is 2.67. The minimum absolute atomic E-state index is 0.0588. The van der Waals surface area contributed by atoms with Crippen LogP contribution < -0.4 is 10.6 Å². The zero-order chi connectivity index (χ0) is 14.5. The topological polar surface area (TPSA) is 29.3 Å². The first-order valence-electron chi connectivity index (χ1n) is 6.11. The van der Waals surface area contributed by atoms with Crippen LogP contribution in [0.1, 0.15) is 18.9 Å². The molecule has 1 aromatic rings. The van der Waals surface area contributed by atoms with E-state index in [1.165, 1.54) is 0 Å². The summed E-state index contributed by atoms with van der Waals surface area (Å²) < 4.78 is 36.8. The lowest BCUT2D eigenvalue weighted by molar-refractivity contribution is -0.132.